The SMILES string of the molecule is O=C(NC1CN2CCC1CC2)c1ccc(Oc2cnccc2Cl)cc1. The second-order valence-electron chi connectivity index (χ2n) is 6.65. The van der Waals surface area contributed by atoms with Crippen molar-refractivity contribution >= 4 is 17.5 Å². The summed E-state index contributed by atoms with van der Waals surface area (Å²) in [6.07, 6.45) is 5.54. The Morgan fingerprint density at radius 2 is 1.96 bits per heavy atom. The van der Waals surface area contributed by atoms with Crippen molar-refractivity contribution in [1.82, 2.24) is 15.2 Å². The van der Waals surface area contributed by atoms with Gasteiger partial charge in [0.2, 0.25) is 0 Å². The molecule has 1 N–H and O–H groups in total. The van der Waals surface area contributed by atoms with E-state index in [1.807, 2.05) is 0 Å². The zero-order valence-corrected chi connectivity index (χ0v) is 14.6. The van der Waals surface area contributed by atoms with Gasteiger partial charge in [0.15, 0.2) is 5.75 Å². The highest BCUT2D eigenvalue weighted by atomic mass is 35.5. The van der Waals surface area contributed by atoms with Gasteiger partial charge >= 0.3 is 0 Å². The predicted octanol–water partition coefficient (Wildman–Crippen LogP) is 3.35. The summed E-state index contributed by atoms with van der Waals surface area (Å²) in [6, 6.07) is 9.03. The molecule has 1 atom stereocenters. The highest BCUT2D eigenvalue weighted by Gasteiger charge is 2.34. The smallest absolute Gasteiger partial charge is 0.251 e. The summed E-state index contributed by atoms with van der Waals surface area (Å²) in [7, 11) is 0. The number of carbonyl (C=O) groups excluding carboxylic acids is 1. The van der Waals surface area contributed by atoms with Crippen LogP contribution >= 0.6 is 11.6 Å². The molecule has 0 radical (unpaired) electrons. The second kappa shape index (κ2) is 7.02. The quantitative estimate of drug-likeness (QED) is 0.911. The summed E-state index contributed by atoms with van der Waals surface area (Å²) in [5.41, 5.74) is 0.640. The van der Waals surface area contributed by atoms with Crippen LogP contribution in [0.1, 0.15) is 23.2 Å². The lowest BCUT2D eigenvalue weighted by molar-refractivity contribution is 0.0620. The van der Waals surface area contributed by atoms with Gasteiger partial charge in [-0.05, 0) is 62.2 Å². The van der Waals surface area contributed by atoms with Gasteiger partial charge in [0.1, 0.15) is 5.75 Å². The van der Waals surface area contributed by atoms with Crippen molar-refractivity contribution < 1.29 is 9.53 Å². The molecule has 1 aromatic heterocycles. The number of nitrogens with zero attached hydrogens (tertiary/aromatic N) is 2. The highest BCUT2D eigenvalue weighted by Crippen LogP contribution is 2.29. The van der Waals surface area contributed by atoms with Crippen molar-refractivity contribution in [2.45, 2.75) is 18.9 Å². The molecule has 3 aliphatic rings. The molecule has 5 nitrogen and oxygen atoms in total. The minimum atomic E-state index is -0.0234. The number of piperidine rings is 3. The molecular formula is C19H20ClN3O2. The van der Waals surface area contributed by atoms with E-state index >= 15 is 0 Å². The summed E-state index contributed by atoms with van der Waals surface area (Å²) >= 11 is 6.06. The Balaban J connectivity index is 1.40. The van der Waals surface area contributed by atoms with Crippen molar-refractivity contribution in [2.24, 2.45) is 5.92 Å². The first-order valence-electron chi connectivity index (χ1n) is 8.60. The Morgan fingerprint density at radius 3 is 2.60 bits per heavy atom. The third kappa shape index (κ3) is 3.62. The van der Waals surface area contributed by atoms with E-state index in [0.717, 1.165) is 6.54 Å². The molecule has 3 aliphatic heterocycles. The van der Waals surface area contributed by atoms with Crippen LogP contribution in [-0.2, 0) is 0 Å². The minimum Gasteiger partial charge on any atom is -0.454 e. The van der Waals surface area contributed by atoms with Gasteiger partial charge in [-0.1, -0.05) is 11.6 Å². The first-order valence-corrected chi connectivity index (χ1v) is 8.97. The van der Waals surface area contributed by atoms with Crippen LogP contribution in [0, 0.1) is 5.92 Å². The topological polar surface area (TPSA) is 54.5 Å². The number of aromatic nitrogens is 1. The van der Waals surface area contributed by atoms with Crippen molar-refractivity contribution in [1.29, 1.82) is 0 Å². The molecule has 0 spiro atoms. The standard InChI is InChI=1S/C19H20ClN3O2/c20-16-5-8-21-11-18(16)25-15-3-1-14(2-4-15)19(24)22-17-12-23-9-6-13(17)7-10-23/h1-5,8,11,13,17H,6-7,9-10,12H2,(H,22,24). The van der Waals surface area contributed by atoms with Crippen molar-refractivity contribution in [3.8, 4) is 11.5 Å². The van der Waals surface area contributed by atoms with Crippen LogP contribution in [-0.4, -0.2) is 41.5 Å². The van der Waals surface area contributed by atoms with Gasteiger partial charge in [0.05, 0.1) is 11.2 Å². The summed E-state index contributed by atoms with van der Waals surface area (Å²) < 4.78 is 5.70. The predicted molar refractivity (Wildman–Crippen MR) is 96.2 cm³/mol. The molecule has 5 rings (SSSR count). The molecule has 3 saturated heterocycles. The van der Waals surface area contributed by atoms with E-state index in [0.29, 0.717) is 28.0 Å². The van der Waals surface area contributed by atoms with E-state index in [4.69, 9.17) is 16.3 Å². The molecule has 0 saturated carbocycles. The summed E-state index contributed by atoms with van der Waals surface area (Å²) in [5.74, 6) is 1.71. The zero-order valence-electron chi connectivity index (χ0n) is 13.8. The number of nitrogens with one attached hydrogen (secondary N) is 1. The second-order valence-corrected chi connectivity index (χ2v) is 7.06. The van der Waals surface area contributed by atoms with Crippen LogP contribution in [0.15, 0.2) is 42.7 Å². The number of halogens is 1. The van der Waals surface area contributed by atoms with E-state index in [-0.39, 0.29) is 11.9 Å². The largest absolute Gasteiger partial charge is 0.454 e. The average Bonchev–Trinajstić information content (AvgIpc) is 2.65. The fourth-order valence-corrected chi connectivity index (χ4v) is 3.76. The maximum Gasteiger partial charge on any atom is 0.251 e. The number of carbonyl (C=O) groups is 1. The third-order valence-electron chi connectivity index (χ3n) is 5.05. The molecular weight excluding hydrogens is 338 g/mol. The van der Waals surface area contributed by atoms with Crippen LogP contribution < -0.4 is 10.1 Å². The molecule has 2 bridgehead atoms. The van der Waals surface area contributed by atoms with Gasteiger partial charge in [0.25, 0.3) is 5.91 Å². The molecule has 2 aromatic rings. The first kappa shape index (κ1) is 16.4. The Labute approximate surface area is 152 Å². The molecule has 1 aromatic carbocycles. The Bertz CT molecular complexity index is 758. The lowest BCUT2D eigenvalue weighted by Gasteiger charge is -2.44. The summed E-state index contributed by atoms with van der Waals surface area (Å²) in [4.78, 5) is 18.9. The molecule has 6 heteroatoms. The average molecular weight is 358 g/mol. The van der Waals surface area contributed by atoms with E-state index < -0.39 is 0 Å². The number of pyridine rings is 1. The van der Waals surface area contributed by atoms with Gasteiger partial charge in [-0.15, -0.1) is 0 Å². The molecule has 130 valence electrons. The Kier molecular flexibility index (Phi) is 4.59. The molecule has 4 heterocycles. The van der Waals surface area contributed by atoms with E-state index in [2.05, 4.69) is 15.2 Å². The molecule has 1 amide bonds. The number of amides is 1. The number of benzene rings is 1. The zero-order chi connectivity index (χ0) is 17.2. The van der Waals surface area contributed by atoms with Crippen LogP contribution in [0.2, 0.25) is 5.02 Å². The summed E-state index contributed by atoms with van der Waals surface area (Å²) in [5, 5.41) is 3.69. The van der Waals surface area contributed by atoms with Crippen LogP contribution in [0.4, 0.5) is 0 Å². The van der Waals surface area contributed by atoms with Crippen LogP contribution in [0.3, 0.4) is 0 Å². The minimum absolute atomic E-state index is 0.0234. The van der Waals surface area contributed by atoms with Gasteiger partial charge in [-0.3, -0.25) is 9.78 Å². The van der Waals surface area contributed by atoms with Crippen LogP contribution in [0.25, 0.3) is 0 Å². The lowest BCUT2D eigenvalue weighted by Crippen LogP contribution is -2.57. The Hall–Kier alpha value is -2.11. The monoisotopic (exact) mass is 357 g/mol. The molecule has 0 aliphatic carbocycles. The maximum absolute atomic E-state index is 12.5. The summed E-state index contributed by atoms with van der Waals surface area (Å²) in [6.45, 7) is 3.30. The number of fused-ring (bicyclic) bond motifs is 3. The number of ether oxygens (including phenoxy) is 1. The number of rotatable bonds is 4. The van der Waals surface area contributed by atoms with E-state index in [1.165, 1.54) is 25.9 Å². The highest BCUT2D eigenvalue weighted by molar-refractivity contribution is 6.32. The van der Waals surface area contributed by atoms with E-state index in [1.54, 1.807) is 42.7 Å². The fourth-order valence-electron chi connectivity index (χ4n) is 3.62. The van der Waals surface area contributed by atoms with Gasteiger partial charge in [-0.2, -0.15) is 0 Å². The molecule has 25 heavy (non-hydrogen) atoms. The van der Waals surface area contributed by atoms with Gasteiger partial charge in [0, 0.05) is 24.3 Å². The Morgan fingerprint density at radius 1 is 1.20 bits per heavy atom. The lowest BCUT2D eigenvalue weighted by atomic mass is 9.84. The van der Waals surface area contributed by atoms with E-state index in [9.17, 15) is 4.79 Å². The van der Waals surface area contributed by atoms with Crippen molar-refractivity contribution in [3.63, 3.8) is 0 Å². The number of hydrogen-bond donors (Lipinski definition) is 1. The fraction of sp³-hybridized carbons (Fsp3) is 0.368. The third-order valence-corrected chi connectivity index (χ3v) is 5.36. The molecule has 1 unspecified atom stereocenters. The van der Waals surface area contributed by atoms with Crippen molar-refractivity contribution in [2.75, 3.05) is 19.6 Å². The normalized spacial score (nSPS) is 24.8. The number of hydrogen-bond acceptors (Lipinski definition) is 4. The maximum atomic E-state index is 12.5. The van der Waals surface area contributed by atoms with Crippen LogP contribution in [0.5, 0.6) is 11.5 Å². The molecule has 3 fully saturated rings. The van der Waals surface area contributed by atoms with Gasteiger partial charge in [-0.25, -0.2) is 0 Å². The van der Waals surface area contributed by atoms with Gasteiger partial charge < -0.3 is 15.0 Å². The first-order chi connectivity index (χ1) is 12.2. The van der Waals surface area contributed by atoms with Crippen molar-refractivity contribution in [3.05, 3.63) is 53.3 Å².